The zero-order chi connectivity index (χ0) is 29.6. The average Bonchev–Trinajstić information content (AvgIpc) is 3.28. The van der Waals surface area contributed by atoms with Gasteiger partial charge < -0.3 is 24.2 Å². The second-order valence-electron chi connectivity index (χ2n) is 9.64. The van der Waals surface area contributed by atoms with Crippen LogP contribution in [0, 0.1) is 13.8 Å². The zero-order valence-electron chi connectivity index (χ0n) is 24.8. The van der Waals surface area contributed by atoms with Crippen LogP contribution in [0.5, 0.6) is 17.6 Å². The Hall–Kier alpha value is -2.72. The van der Waals surface area contributed by atoms with Crippen molar-refractivity contribution in [3.8, 4) is 17.6 Å². The van der Waals surface area contributed by atoms with Gasteiger partial charge in [0, 0.05) is 49.8 Å². The van der Waals surface area contributed by atoms with Crippen molar-refractivity contribution < 1.29 is 19.3 Å². The van der Waals surface area contributed by atoms with Crippen molar-refractivity contribution in [1.29, 1.82) is 0 Å². The summed E-state index contributed by atoms with van der Waals surface area (Å²) in [6, 6.07) is 13.8. The molecule has 0 fully saturated rings. The molecule has 3 aromatic heterocycles. The first kappa shape index (κ1) is 31.8. The van der Waals surface area contributed by atoms with Crippen LogP contribution >= 0.6 is 27.3 Å². The number of rotatable bonds is 10. The van der Waals surface area contributed by atoms with Crippen LogP contribution in [0.15, 0.2) is 46.9 Å². The van der Waals surface area contributed by atoms with Gasteiger partial charge in [-0.2, -0.15) is 4.98 Å². The summed E-state index contributed by atoms with van der Waals surface area (Å²) < 4.78 is 17.8. The van der Waals surface area contributed by atoms with Gasteiger partial charge in [0.05, 0.1) is 26.8 Å². The van der Waals surface area contributed by atoms with E-state index in [1.165, 1.54) is 0 Å². The number of ether oxygens (including phenoxy) is 3. The number of methoxy groups -OCH3 is 3. The topological polar surface area (TPSA) is 76.9 Å². The molecule has 3 heterocycles. The largest absolute Gasteiger partial charge is 0.481 e. The normalized spacial score (nSPS) is 13.4. The van der Waals surface area contributed by atoms with Gasteiger partial charge in [-0.1, -0.05) is 29.8 Å². The number of aryl methyl sites for hydroxylation is 2. The van der Waals surface area contributed by atoms with Crippen LogP contribution in [0.1, 0.15) is 52.6 Å². The molecule has 0 saturated heterocycles. The maximum atomic E-state index is 13.0. The van der Waals surface area contributed by atoms with Crippen molar-refractivity contribution in [2.24, 2.45) is 0 Å². The maximum Gasteiger partial charge on any atom is 0.217 e. The fraction of sp³-hybridized carbons (Fsp3) is 0.419. The molecular weight excluding hydrogens is 590 g/mol. The second-order valence-corrected chi connectivity index (χ2v) is 12.0. The lowest BCUT2D eigenvalue weighted by Crippen LogP contribution is -2.38. The monoisotopic (exact) mass is 629 g/mol. The predicted molar refractivity (Wildman–Crippen MR) is 167 cm³/mol. The first-order chi connectivity index (χ1) is 19.1. The molecular formula is C31H40BrN3O4S. The molecule has 0 radical (unpaired) electrons. The van der Waals surface area contributed by atoms with Gasteiger partial charge in [0.1, 0.15) is 5.60 Å². The molecule has 0 spiro atoms. The van der Waals surface area contributed by atoms with E-state index in [0.717, 1.165) is 36.3 Å². The molecule has 4 rings (SSSR count). The molecule has 0 amide bonds. The van der Waals surface area contributed by atoms with E-state index in [1.807, 2.05) is 46.1 Å². The van der Waals surface area contributed by atoms with Crippen molar-refractivity contribution in [3.63, 3.8) is 0 Å². The third-order valence-electron chi connectivity index (χ3n) is 6.78. The summed E-state index contributed by atoms with van der Waals surface area (Å²) in [6.07, 6.45) is 0.426. The van der Waals surface area contributed by atoms with E-state index in [0.29, 0.717) is 36.2 Å². The van der Waals surface area contributed by atoms with Crippen LogP contribution in [0.2, 0.25) is 0 Å². The first-order valence-corrected chi connectivity index (χ1v) is 14.9. The molecule has 0 aliphatic carbocycles. The highest BCUT2D eigenvalue weighted by atomic mass is 79.9. The highest BCUT2D eigenvalue weighted by Crippen LogP contribution is 2.50. The predicted octanol–water partition coefficient (Wildman–Crippen LogP) is 7.09. The van der Waals surface area contributed by atoms with Crippen molar-refractivity contribution in [2.45, 2.75) is 45.6 Å². The van der Waals surface area contributed by atoms with E-state index in [1.54, 1.807) is 44.8 Å². The number of hydrogen-bond donors (Lipinski definition) is 1. The van der Waals surface area contributed by atoms with Gasteiger partial charge in [-0.05, 0) is 75.8 Å². The lowest BCUT2D eigenvalue weighted by atomic mass is 9.71. The Balaban J connectivity index is 0.00000216. The number of thiophene rings is 1. The Kier molecular flexibility index (Phi) is 10.9. The standard InChI is InChI=1S/C29H34BrN3O4S.C2H6/c1-17-12-22(18(2)38-17)27(23-14-19-13-21(30)8-9-24(19)31-28(23)37-7)29(34,10-11-33(3)4)20-15-25(35-5)32-26(16-20)36-6;1-2/h8-9,12-16,27,34H,10-11H2,1-7H3;1-2H3. The van der Waals surface area contributed by atoms with Crippen LogP contribution in [0.25, 0.3) is 10.9 Å². The number of benzene rings is 1. The quantitative estimate of drug-likeness (QED) is 0.201. The fourth-order valence-electron chi connectivity index (χ4n) is 4.92. The highest BCUT2D eigenvalue weighted by Gasteiger charge is 2.44. The second kappa shape index (κ2) is 13.8. The molecule has 0 bridgehead atoms. The molecule has 1 N–H and O–H groups in total. The lowest BCUT2D eigenvalue weighted by Gasteiger charge is -2.39. The molecule has 2 unspecified atom stereocenters. The molecule has 0 saturated carbocycles. The van der Waals surface area contributed by atoms with Gasteiger partial charge in [-0.15, -0.1) is 11.3 Å². The van der Waals surface area contributed by atoms with E-state index >= 15 is 0 Å². The molecule has 0 aliphatic rings. The van der Waals surface area contributed by atoms with Crippen LogP contribution < -0.4 is 14.2 Å². The number of aliphatic hydroxyl groups is 1. The third-order valence-corrected chi connectivity index (χ3v) is 8.25. The van der Waals surface area contributed by atoms with Gasteiger partial charge in [0.2, 0.25) is 17.6 Å². The summed E-state index contributed by atoms with van der Waals surface area (Å²) in [5, 5.41) is 13.9. The van der Waals surface area contributed by atoms with Crippen LogP contribution in [-0.4, -0.2) is 61.9 Å². The Morgan fingerprint density at radius 1 is 0.925 bits per heavy atom. The van der Waals surface area contributed by atoms with Crippen LogP contribution in [0.4, 0.5) is 0 Å². The van der Waals surface area contributed by atoms with Crippen molar-refractivity contribution in [2.75, 3.05) is 42.0 Å². The minimum atomic E-state index is -1.39. The molecule has 2 atom stereocenters. The van der Waals surface area contributed by atoms with E-state index in [2.05, 4.69) is 51.8 Å². The molecule has 40 heavy (non-hydrogen) atoms. The third kappa shape index (κ3) is 6.77. The van der Waals surface area contributed by atoms with Gasteiger partial charge in [-0.3, -0.25) is 0 Å². The number of halogens is 1. The van der Waals surface area contributed by atoms with Gasteiger partial charge >= 0.3 is 0 Å². The minimum absolute atomic E-state index is 0.368. The summed E-state index contributed by atoms with van der Waals surface area (Å²) in [5.74, 6) is 0.707. The van der Waals surface area contributed by atoms with Gasteiger partial charge in [0.15, 0.2) is 0 Å². The molecule has 4 aromatic rings. The molecule has 9 heteroatoms. The van der Waals surface area contributed by atoms with Crippen molar-refractivity contribution in [3.05, 3.63) is 73.4 Å². The number of nitrogens with zero attached hydrogens (tertiary/aromatic N) is 3. The number of hydrogen-bond acceptors (Lipinski definition) is 8. The Labute approximate surface area is 250 Å². The van der Waals surface area contributed by atoms with E-state index < -0.39 is 11.5 Å². The summed E-state index contributed by atoms with van der Waals surface area (Å²) in [4.78, 5) is 13.6. The molecule has 7 nitrogen and oxygen atoms in total. The van der Waals surface area contributed by atoms with E-state index in [4.69, 9.17) is 19.2 Å². The Morgan fingerprint density at radius 2 is 1.57 bits per heavy atom. The summed E-state index contributed by atoms with van der Waals surface area (Å²) in [7, 11) is 8.74. The molecule has 1 aromatic carbocycles. The minimum Gasteiger partial charge on any atom is -0.481 e. The number of fused-ring (bicyclic) bond motifs is 1. The highest BCUT2D eigenvalue weighted by molar-refractivity contribution is 9.10. The zero-order valence-corrected chi connectivity index (χ0v) is 27.2. The Morgan fingerprint density at radius 3 is 2.10 bits per heavy atom. The van der Waals surface area contributed by atoms with E-state index in [-0.39, 0.29) is 0 Å². The van der Waals surface area contributed by atoms with Gasteiger partial charge in [-0.25, -0.2) is 4.98 Å². The summed E-state index contributed by atoms with van der Waals surface area (Å²) in [6.45, 7) is 8.82. The Bertz CT molecular complexity index is 1420. The number of pyridine rings is 2. The smallest absolute Gasteiger partial charge is 0.217 e. The molecule has 216 valence electrons. The number of aromatic nitrogens is 2. The van der Waals surface area contributed by atoms with E-state index in [9.17, 15) is 5.11 Å². The fourth-order valence-corrected chi connectivity index (χ4v) is 6.27. The van der Waals surface area contributed by atoms with Crippen LogP contribution in [0.3, 0.4) is 0 Å². The molecule has 0 aliphatic heterocycles. The lowest BCUT2D eigenvalue weighted by molar-refractivity contribution is 0.00327. The SMILES string of the molecule is CC.COc1cc(C(O)(CCN(C)C)C(c2cc3cc(Br)ccc3nc2OC)c2cc(C)sc2C)cc(OC)n1. The van der Waals surface area contributed by atoms with Crippen molar-refractivity contribution in [1.82, 2.24) is 14.9 Å². The van der Waals surface area contributed by atoms with Gasteiger partial charge in [0.25, 0.3) is 0 Å². The maximum absolute atomic E-state index is 13.0. The van der Waals surface area contributed by atoms with Crippen LogP contribution in [-0.2, 0) is 5.60 Å². The average molecular weight is 631 g/mol. The summed E-state index contributed by atoms with van der Waals surface area (Å²) in [5.41, 5.74) is 1.90. The van der Waals surface area contributed by atoms with Crippen molar-refractivity contribution >= 4 is 38.2 Å². The summed E-state index contributed by atoms with van der Waals surface area (Å²) >= 11 is 5.30. The first-order valence-electron chi connectivity index (χ1n) is 13.3.